The molecule has 7 rings (SSSR count). The van der Waals surface area contributed by atoms with E-state index < -0.39 is 5.82 Å². The SMILES string of the molecule is O=C(Nc1ccc(F)c(-c2cn([C@@H]3CCc4c3cccc4[N+](=O)[O-])nn2)c1)c1cc(-c2ccc(Cl)s2)nc2ccccc12. The normalized spacial score (nSPS) is 14.1. The van der Waals surface area contributed by atoms with Crippen molar-refractivity contribution in [3.8, 4) is 21.8 Å². The number of benzene rings is 3. The average Bonchev–Trinajstić information content (AvgIpc) is 3.77. The molecule has 1 amide bonds. The monoisotopic (exact) mass is 610 g/mol. The number of pyridine rings is 1. The summed E-state index contributed by atoms with van der Waals surface area (Å²) in [6.45, 7) is 0. The highest BCUT2D eigenvalue weighted by Gasteiger charge is 2.31. The van der Waals surface area contributed by atoms with E-state index in [-0.39, 0.29) is 33.8 Å². The van der Waals surface area contributed by atoms with Crippen molar-refractivity contribution in [3.05, 3.63) is 122 Å². The van der Waals surface area contributed by atoms with Crippen molar-refractivity contribution >= 4 is 51.1 Å². The molecule has 1 aliphatic carbocycles. The van der Waals surface area contributed by atoms with Crippen LogP contribution in [0.4, 0.5) is 15.8 Å². The fourth-order valence-electron chi connectivity index (χ4n) is 5.55. The zero-order chi connectivity index (χ0) is 29.7. The van der Waals surface area contributed by atoms with Crippen molar-refractivity contribution in [2.75, 3.05) is 5.32 Å². The fourth-order valence-corrected chi connectivity index (χ4v) is 6.55. The van der Waals surface area contributed by atoms with E-state index in [4.69, 9.17) is 16.6 Å². The molecule has 212 valence electrons. The first-order chi connectivity index (χ1) is 20.9. The highest BCUT2D eigenvalue weighted by atomic mass is 35.5. The molecule has 0 aliphatic heterocycles. The first kappa shape index (κ1) is 26.9. The van der Waals surface area contributed by atoms with Crippen LogP contribution in [0.2, 0.25) is 4.34 Å². The van der Waals surface area contributed by atoms with Gasteiger partial charge in [0.15, 0.2) is 0 Å². The fraction of sp³-hybridized carbons (Fsp3) is 0.0968. The second-order valence-electron chi connectivity index (χ2n) is 10.1. The van der Waals surface area contributed by atoms with Crippen molar-refractivity contribution in [1.82, 2.24) is 20.0 Å². The van der Waals surface area contributed by atoms with Crippen LogP contribution < -0.4 is 5.32 Å². The number of carbonyl (C=O) groups excluding carboxylic acids is 1. The van der Waals surface area contributed by atoms with Gasteiger partial charge >= 0.3 is 0 Å². The lowest BCUT2D eigenvalue weighted by Crippen LogP contribution is -2.13. The number of thiophene rings is 1. The summed E-state index contributed by atoms with van der Waals surface area (Å²) in [4.78, 5) is 30.2. The number of para-hydroxylation sites is 1. The highest BCUT2D eigenvalue weighted by Crippen LogP contribution is 2.39. The van der Waals surface area contributed by atoms with Crippen molar-refractivity contribution in [2.24, 2.45) is 0 Å². The Hall–Kier alpha value is -5.00. The van der Waals surface area contributed by atoms with Gasteiger partial charge in [0.05, 0.1) is 43.1 Å². The number of nitrogens with zero attached hydrogens (tertiary/aromatic N) is 5. The van der Waals surface area contributed by atoms with Crippen LogP contribution in [-0.4, -0.2) is 30.8 Å². The molecule has 0 fully saturated rings. The maximum Gasteiger partial charge on any atom is 0.272 e. The van der Waals surface area contributed by atoms with Gasteiger partial charge in [-0.15, -0.1) is 16.4 Å². The number of nitrogens with one attached hydrogen (secondary N) is 1. The molecule has 0 saturated carbocycles. The molecule has 6 aromatic rings. The lowest BCUT2D eigenvalue weighted by Gasteiger charge is -2.11. The maximum atomic E-state index is 15.1. The van der Waals surface area contributed by atoms with Crippen LogP contribution in [0, 0.1) is 15.9 Å². The molecule has 0 bridgehead atoms. The Bertz CT molecular complexity index is 2080. The number of nitro groups is 1. The smallest absolute Gasteiger partial charge is 0.272 e. The van der Waals surface area contributed by atoms with Gasteiger partial charge in [-0.2, -0.15) is 0 Å². The predicted octanol–water partition coefficient (Wildman–Crippen LogP) is 7.71. The minimum atomic E-state index is -0.529. The molecule has 1 atom stereocenters. The van der Waals surface area contributed by atoms with Gasteiger partial charge in [-0.25, -0.2) is 14.1 Å². The minimum absolute atomic E-state index is 0.0862. The van der Waals surface area contributed by atoms with E-state index in [0.29, 0.717) is 50.6 Å². The van der Waals surface area contributed by atoms with E-state index in [0.717, 1.165) is 10.4 Å². The third-order valence-corrected chi connectivity index (χ3v) is 8.78. The van der Waals surface area contributed by atoms with Gasteiger partial charge < -0.3 is 5.32 Å². The zero-order valence-electron chi connectivity index (χ0n) is 22.2. The summed E-state index contributed by atoms with van der Waals surface area (Å²) in [6, 6.07) is 21.7. The number of hydrogen-bond acceptors (Lipinski definition) is 7. The van der Waals surface area contributed by atoms with Crippen LogP contribution in [0.25, 0.3) is 32.7 Å². The van der Waals surface area contributed by atoms with E-state index >= 15 is 4.39 Å². The molecule has 3 aromatic carbocycles. The number of halogens is 2. The Morgan fingerprint density at radius 1 is 1.07 bits per heavy atom. The Balaban J connectivity index is 1.19. The summed E-state index contributed by atoms with van der Waals surface area (Å²) in [5, 5.41) is 23.5. The van der Waals surface area contributed by atoms with Crippen molar-refractivity contribution < 1.29 is 14.1 Å². The molecular formula is C31H20ClFN6O3S. The van der Waals surface area contributed by atoms with Crippen molar-refractivity contribution in [1.29, 1.82) is 0 Å². The molecule has 1 N–H and O–H groups in total. The molecule has 0 unspecified atom stereocenters. The molecule has 9 nitrogen and oxygen atoms in total. The van der Waals surface area contributed by atoms with Crippen LogP contribution >= 0.6 is 22.9 Å². The van der Waals surface area contributed by atoms with E-state index in [2.05, 4.69) is 15.6 Å². The van der Waals surface area contributed by atoms with Crippen LogP contribution in [0.3, 0.4) is 0 Å². The number of aromatic nitrogens is 4. The molecule has 12 heteroatoms. The van der Waals surface area contributed by atoms with E-state index in [9.17, 15) is 14.9 Å². The Morgan fingerprint density at radius 2 is 1.93 bits per heavy atom. The molecule has 0 spiro atoms. The summed E-state index contributed by atoms with van der Waals surface area (Å²) in [6.07, 6.45) is 2.77. The van der Waals surface area contributed by atoms with Crippen LogP contribution in [0.1, 0.15) is 33.9 Å². The van der Waals surface area contributed by atoms with Gasteiger partial charge in [-0.3, -0.25) is 14.9 Å². The topological polar surface area (TPSA) is 116 Å². The quantitative estimate of drug-likeness (QED) is 0.152. The number of fused-ring (bicyclic) bond motifs is 2. The Labute approximate surface area is 252 Å². The van der Waals surface area contributed by atoms with Gasteiger partial charge in [-0.1, -0.05) is 47.1 Å². The first-order valence-electron chi connectivity index (χ1n) is 13.3. The lowest BCUT2D eigenvalue weighted by atomic mass is 10.1. The zero-order valence-corrected chi connectivity index (χ0v) is 23.8. The summed E-state index contributed by atoms with van der Waals surface area (Å²) < 4.78 is 17.3. The van der Waals surface area contributed by atoms with E-state index in [1.54, 1.807) is 29.1 Å². The predicted molar refractivity (Wildman–Crippen MR) is 163 cm³/mol. The first-order valence-corrected chi connectivity index (χ1v) is 14.5. The van der Waals surface area contributed by atoms with Gasteiger partial charge in [0, 0.05) is 28.3 Å². The van der Waals surface area contributed by atoms with Crippen molar-refractivity contribution in [2.45, 2.75) is 18.9 Å². The summed E-state index contributed by atoms with van der Waals surface area (Å²) in [7, 11) is 0. The van der Waals surface area contributed by atoms with Gasteiger partial charge in [0.1, 0.15) is 11.5 Å². The number of nitro benzene ring substituents is 1. The summed E-state index contributed by atoms with van der Waals surface area (Å²) in [5.41, 5.74) is 4.08. The number of amides is 1. The number of rotatable bonds is 6. The second kappa shape index (κ2) is 10.7. The molecular weight excluding hydrogens is 591 g/mol. The molecule has 43 heavy (non-hydrogen) atoms. The molecule has 1 aliphatic rings. The number of carbonyl (C=O) groups is 1. The third-order valence-electron chi connectivity index (χ3n) is 7.53. The summed E-state index contributed by atoms with van der Waals surface area (Å²) >= 11 is 7.51. The molecule has 3 aromatic heterocycles. The minimum Gasteiger partial charge on any atom is -0.322 e. The largest absolute Gasteiger partial charge is 0.322 e. The molecule has 0 radical (unpaired) electrons. The standard InChI is InChI=1S/C31H20ClFN6O3S/c32-30-13-12-29(43-30)25-15-21(18-4-1-2-6-24(18)35-25)31(40)34-17-8-10-23(33)22(14-17)26-16-38(37-36-26)27-11-9-20-19(27)5-3-7-28(20)39(41)42/h1-8,10,12-16,27H,9,11H2,(H,34,40)/t27-/m1/s1. The highest BCUT2D eigenvalue weighted by molar-refractivity contribution is 7.19. The van der Waals surface area contributed by atoms with E-state index in [1.807, 2.05) is 36.4 Å². The summed E-state index contributed by atoms with van der Waals surface area (Å²) in [5.74, 6) is -0.911. The Kier molecular flexibility index (Phi) is 6.68. The number of anilines is 1. The van der Waals surface area contributed by atoms with Gasteiger partial charge in [0.25, 0.3) is 11.6 Å². The second-order valence-corrected chi connectivity index (χ2v) is 11.8. The average molecular weight is 611 g/mol. The van der Waals surface area contributed by atoms with E-state index in [1.165, 1.54) is 35.6 Å². The van der Waals surface area contributed by atoms with Crippen LogP contribution in [-0.2, 0) is 6.42 Å². The maximum absolute atomic E-state index is 15.1. The van der Waals surface area contributed by atoms with Crippen LogP contribution in [0.15, 0.2) is 85.1 Å². The van der Waals surface area contributed by atoms with Gasteiger partial charge in [-0.05, 0) is 60.9 Å². The molecule has 0 saturated heterocycles. The number of hydrogen-bond donors (Lipinski definition) is 1. The Morgan fingerprint density at radius 3 is 2.74 bits per heavy atom. The third kappa shape index (κ3) is 4.92. The lowest BCUT2D eigenvalue weighted by molar-refractivity contribution is -0.385. The molecule has 3 heterocycles. The van der Waals surface area contributed by atoms with Crippen molar-refractivity contribution in [3.63, 3.8) is 0 Å². The van der Waals surface area contributed by atoms with Crippen LogP contribution in [0.5, 0.6) is 0 Å². The van der Waals surface area contributed by atoms with Gasteiger partial charge in [0.2, 0.25) is 0 Å².